The van der Waals surface area contributed by atoms with E-state index in [9.17, 15) is 9.59 Å². The second-order valence-electron chi connectivity index (χ2n) is 7.37. The predicted octanol–water partition coefficient (Wildman–Crippen LogP) is 6.58. The number of anilines is 1. The zero-order valence-electron chi connectivity index (χ0n) is 18.1. The maximum absolute atomic E-state index is 12.7. The van der Waals surface area contributed by atoms with Crippen LogP contribution >= 0.6 is 34.8 Å². The van der Waals surface area contributed by atoms with Crippen molar-refractivity contribution in [1.29, 1.82) is 0 Å². The summed E-state index contributed by atoms with van der Waals surface area (Å²) in [6.45, 7) is -0.273. The Bertz CT molecular complexity index is 1430. The number of carbonyl (C=O) groups excluding carboxylic acids is 2. The molecule has 2 N–H and O–H groups in total. The largest absolute Gasteiger partial charge is 0.483 e. The van der Waals surface area contributed by atoms with Gasteiger partial charge in [-0.05, 0) is 53.2 Å². The van der Waals surface area contributed by atoms with Crippen LogP contribution in [0.4, 0.5) is 5.69 Å². The van der Waals surface area contributed by atoms with Gasteiger partial charge in [-0.3, -0.25) is 9.59 Å². The van der Waals surface area contributed by atoms with E-state index in [1.165, 1.54) is 6.21 Å². The third-order valence-corrected chi connectivity index (χ3v) is 5.91. The number of hydrogen-bond donors (Lipinski definition) is 2. The molecule has 0 heterocycles. The summed E-state index contributed by atoms with van der Waals surface area (Å²) >= 11 is 18.0. The van der Waals surface area contributed by atoms with Gasteiger partial charge >= 0.3 is 0 Å². The van der Waals surface area contributed by atoms with Crippen molar-refractivity contribution in [2.75, 3.05) is 11.9 Å². The molecule has 0 radical (unpaired) electrons. The Morgan fingerprint density at radius 2 is 1.69 bits per heavy atom. The monoisotopic (exact) mass is 525 g/mol. The van der Waals surface area contributed by atoms with Crippen molar-refractivity contribution in [2.45, 2.75) is 0 Å². The molecule has 4 rings (SSSR count). The molecule has 0 aromatic heterocycles. The third-order valence-electron chi connectivity index (χ3n) is 4.94. The van der Waals surface area contributed by atoms with E-state index in [2.05, 4.69) is 15.8 Å². The number of hydrogen-bond acceptors (Lipinski definition) is 4. The number of rotatable bonds is 7. The highest BCUT2D eigenvalue weighted by atomic mass is 35.5. The van der Waals surface area contributed by atoms with E-state index in [1.807, 2.05) is 36.4 Å². The van der Waals surface area contributed by atoms with Crippen molar-refractivity contribution in [3.8, 4) is 5.75 Å². The average molecular weight is 527 g/mol. The lowest BCUT2D eigenvalue weighted by Crippen LogP contribution is -2.20. The van der Waals surface area contributed by atoms with Crippen LogP contribution in [-0.2, 0) is 4.79 Å². The maximum Gasteiger partial charge on any atom is 0.271 e. The molecule has 0 saturated carbocycles. The maximum atomic E-state index is 12.7. The van der Waals surface area contributed by atoms with Crippen molar-refractivity contribution in [1.82, 2.24) is 5.43 Å². The van der Waals surface area contributed by atoms with E-state index in [0.29, 0.717) is 37.6 Å². The highest BCUT2D eigenvalue weighted by Crippen LogP contribution is 2.25. The molecule has 0 aliphatic carbocycles. The van der Waals surface area contributed by atoms with Crippen molar-refractivity contribution < 1.29 is 14.3 Å². The fraction of sp³-hybridized carbons (Fsp3) is 0.0385. The van der Waals surface area contributed by atoms with Crippen LogP contribution in [0.5, 0.6) is 5.75 Å². The van der Waals surface area contributed by atoms with Crippen molar-refractivity contribution in [2.24, 2.45) is 5.10 Å². The molecule has 4 aromatic carbocycles. The zero-order valence-corrected chi connectivity index (χ0v) is 20.4. The van der Waals surface area contributed by atoms with Gasteiger partial charge in [0.2, 0.25) is 0 Å². The molecule has 0 spiro atoms. The molecule has 0 saturated heterocycles. The number of amides is 2. The quantitative estimate of drug-likeness (QED) is 0.211. The Kier molecular flexibility index (Phi) is 7.87. The van der Waals surface area contributed by atoms with Gasteiger partial charge in [0.25, 0.3) is 11.8 Å². The molecule has 6 nitrogen and oxygen atoms in total. The van der Waals surface area contributed by atoms with Gasteiger partial charge in [-0.25, -0.2) is 5.43 Å². The SMILES string of the molecule is O=C(COc1ccc(Cl)cc1/C=N/NC(=O)c1cccc2ccccc12)Nc1ccc(Cl)c(Cl)c1. The first-order valence-electron chi connectivity index (χ1n) is 10.4. The number of ether oxygens (including phenoxy) is 1. The first kappa shape index (κ1) is 24.5. The lowest BCUT2D eigenvalue weighted by atomic mass is 10.0. The summed E-state index contributed by atoms with van der Waals surface area (Å²) in [6, 6.07) is 22.7. The van der Waals surface area contributed by atoms with Gasteiger partial charge in [0.1, 0.15) is 5.75 Å². The van der Waals surface area contributed by atoms with E-state index in [-0.39, 0.29) is 12.5 Å². The molecule has 9 heteroatoms. The van der Waals surface area contributed by atoms with Gasteiger partial charge in [-0.1, -0.05) is 71.2 Å². The van der Waals surface area contributed by atoms with Crippen LogP contribution in [0.2, 0.25) is 15.1 Å². The molecular weight excluding hydrogens is 509 g/mol. The molecule has 4 aromatic rings. The minimum Gasteiger partial charge on any atom is -0.483 e. The second kappa shape index (κ2) is 11.2. The molecule has 35 heavy (non-hydrogen) atoms. The average Bonchev–Trinajstić information content (AvgIpc) is 2.85. The van der Waals surface area contributed by atoms with Gasteiger partial charge in [0.15, 0.2) is 6.61 Å². The van der Waals surface area contributed by atoms with Gasteiger partial charge in [-0.15, -0.1) is 0 Å². The molecule has 0 aliphatic rings. The normalized spacial score (nSPS) is 10.9. The summed E-state index contributed by atoms with van der Waals surface area (Å²) < 4.78 is 5.65. The first-order chi connectivity index (χ1) is 16.9. The van der Waals surface area contributed by atoms with Crippen molar-refractivity contribution >= 4 is 69.3 Å². The van der Waals surface area contributed by atoms with Crippen molar-refractivity contribution in [3.63, 3.8) is 0 Å². The molecule has 0 bridgehead atoms. The minimum atomic E-state index is -0.398. The summed E-state index contributed by atoms with van der Waals surface area (Å²) in [7, 11) is 0. The van der Waals surface area contributed by atoms with Crippen LogP contribution in [0.3, 0.4) is 0 Å². The Hall–Kier alpha value is -3.58. The van der Waals surface area contributed by atoms with E-state index in [0.717, 1.165) is 10.8 Å². The van der Waals surface area contributed by atoms with E-state index in [1.54, 1.807) is 42.5 Å². The van der Waals surface area contributed by atoms with E-state index >= 15 is 0 Å². The zero-order chi connectivity index (χ0) is 24.8. The lowest BCUT2D eigenvalue weighted by Gasteiger charge is -2.10. The number of nitrogens with one attached hydrogen (secondary N) is 2. The summed E-state index contributed by atoms with van der Waals surface area (Å²) in [5.74, 6) is -0.393. The number of benzene rings is 4. The highest BCUT2D eigenvalue weighted by Gasteiger charge is 2.10. The summed E-state index contributed by atoms with van der Waals surface area (Å²) in [4.78, 5) is 25.0. The van der Waals surface area contributed by atoms with Gasteiger partial charge < -0.3 is 10.1 Å². The van der Waals surface area contributed by atoms with Crippen molar-refractivity contribution in [3.05, 3.63) is 105 Å². The number of halogens is 3. The smallest absolute Gasteiger partial charge is 0.271 e. The lowest BCUT2D eigenvalue weighted by molar-refractivity contribution is -0.118. The summed E-state index contributed by atoms with van der Waals surface area (Å²) in [6.07, 6.45) is 1.40. The Morgan fingerprint density at radius 1 is 0.886 bits per heavy atom. The Balaban J connectivity index is 1.42. The van der Waals surface area contributed by atoms with Crippen LogP contribution in [0.25, 0.3) is 10.8 Å². The Morgan fingerprint density at radius 3 is 2.51 bits per heavy atom. The molecule has 0 unspecified atom stereocenters. The van der Waals surface area contributed by atoms with Crippen LogP contribution in [-0.4, -0.2) is 24.6 Å². The number of hydrazone groups is 1. The first-order valence-corrected chi connectivity index (χ1v) is 11.5. The summed E-state index contributed by atoms with van der Waals surface area (Å²) in [5.41, 5.74) is 4.00. The minimum absolute atomic E-state index is 0.273. The molecule has 0 fully saturated rings. The fourth-order valence-corrected chi connectivity index (χ4v) is 3.79. The summed E-state index contributed by atoms with van der Waals surface area (Å²) in [5, 5.41) is 9.66. The van der Waals surface area contributed by atoms with Crippen LogP contribution in [0, 0.1) is 0 Å². The fourth-order valence-electron chi connectivity index (χ4n) is 3.31. The molecule has 0 aliphatic heterocycles. The van der Waals surface area contributed by atoms with Gasteiger partial charge in [0.05, 0.1) is 16.3 Å². The van der Waals surface area contributed by atoms with Gasteiger partial charge in [0, 0.05) is 21.8 Å². The van der Waals surface area contributed by atoms with Gasteiger partial charge in [-0.2, -0.15) is 5.10 Å². The number of nitrogens with zero attached hydrogens (tertiary/aromatic N) is 1. The molecule has 0 atom stereocenters. The molecule has 2 amide bonds. The molecule has 176 valence electrons. The standard InChI is InChI=1S/C26H18Cl3N3O3/c27-18-8-11-24(35-15-25(33)31-19-9-10-22(28)23(29)13-19)17(12-18)14-30-32-26(34)21-7-3-5-16-4-1-2-6-20(16)21/h1-14H,15H2,(H,31,33)(H,32,34)/b30-14+. The highest BCUT2D eigenvalue weighted by molar-refractivity contribution is 6.42. The second-order valence-corrected chi connectivity index (χ2v) is 8.62. The van der Waals surface area contributed by atoms with E-state index < -0.39 is 5.91 Å². The van der Waals surface area contributed by atoms with Crippen LogP contribution in [0.15, 0.2) is 84.0 Å². The van der Waals surface area contributed by atoms with Crippen LogP contribution < -0.4 is 15.5 Å². The Labute approximate surface area is 216 Å². The van der Waals surface area contributed by atoms with E-state index in [4.69, 9.17) is 39.5 Å². The number of carbonyl (C=O) groups is 2. The topological polar surface area (TPSA) is 79.8 Å². The predicted molar refractivity (Wildman–Crippen MR) is 141 cm³/mol. The van der Waals surface area contributed by atoms with Crippen LogP contribution in [0.1, 0.15) is 15.9 Å². The third kappa shape index (κ3) is 6.31. The number of fused-ring (bicyclic) bond motifs is 1. The molecular formula is C26H18Cl3N3O3.